The van der Waals surface area contributed by atoms with E-state index in [-0.39, 0.29) is 24.0 Å². The van der Waals surface area contributed by atoms with Gasteiger partial charge in [0.05, 0.1) is 18.9 Å². The quantitative estimate of drug-likeness (QED) is 0.213. The van der Waals surface area contributed by atoms with Crippen LogP contribution in [-0.2, 0) is 0 Å². The maximum atomic E-state index is 6.07. The average molecular weight is 504 g/mol. The van der Waals surface area contributed by atoms with Crippen molar-refractivity contribution in [2.24, 2.45) is 10.7 Å². The van der Waals surface area contributed by atoms with Crippen molar-refractivity contribution in [2.75, 3.05) is 38.2 Å². The van der Waals surface area contributed by atoms with E-state index in [2.05, 4.69) is 22.1 Å². The smallest absolute Gasteiger partial charge is 0.193 e. The number of likely N-dealkylation sites (tertiary alicyclic amines) is 1. The van der Waals surface area contributed by atoms with E-state index in [4.69, 9.17) is 15.2 Å². The Kier molecular flexibility index (Phi) is 12.3. The number of nitrogens with zero attached hydrogens (tertiary/aromatic N) is 2. The van der Waals surface area contributed by atoms with Crippen LogP contribution < -0.4 is 20.5 Å². The Bertz CT molecular complexity index is 598. The number of hydrogen-bond donors (Lipinski definition) is 2. The number of guanidine groups is 1. The third kappa shape index (κ3) is 8.43. The molecule has 1 aliphatic rings. The van der Waals surface area contributed by atoms with Crippen LogP contribution >= 0.6 is 24.0 Å². The van der Waals surface area contributed by atoms with Gasteiger partial charge in [-0.05, 0) is 71.7 Å². The molecular weight excluding hydrogens is 467 g/mol. The first-order valence-electron chi connectivity index (χ1n) is 10.3. The molecule has 1 aliphatic heterocycles. The maximum Gasteiger partial charge on any atom is 0.193 e. The predicted octanol–water partition coefficient (Wildman–Crippen LogP) is 4.48. The lowest BCUT2D eigenvalue weighted by Crippen LogP contribution is -2.38. The number of halogens is 1. The molecule has 1 aromatic carbocycles. The molecule has 6 nitrogen and oxygen atoms in total. The van der Waals surface area contributed by atoms with Crippen molar-refractivity contribution in [2.45, 2.75) is 58.9 Å². The third-order valence-electron chi connectivity index (χ3n) is 4.90. The first-order valence-corrected chi connectivity index (χ1v) is 10.3. The minimum Gasteiger partial charge on any atom is -0.494 e. The van der Waals surface area contributed by atoms with E-state index >= 15 is 0 Å². The summed E-state index contributed by atoms with van der Waals surface area (Å²) in [4.78, 5) is 7.07. The Morgan fingerprint density at radius 2 is 2.00 bits per heavy atom. The van der Waals surface area contributed by atoms with Crippen molar-refractivity contribution < 1.29 is 9.47 Å². The van der Waals surface area contributed by atoms with E-state index in [0.29, 0.717) is 19.2 Å². The average Bonchev–Trinajstić information content (AvgIpc) is 2.65. The van der Waals surface area contributed by atoms with Gasteiger partial charge in [0.25, 0.3) is 0 Å². The van der Waals surface area contributed by atoms with E-state index in [1.54, 1.807) is 0 Å². The van der Waals surface area contributed by atoms with Crippen molar-refractivity contribution in [3.05, 3.63) is 18.2 Å². The van der Waals surface area contributed by atoms with E-state index in [1.165, 1.54) is 25.8 Å². The molecule has 1 saturated heterocycles. The second kappa shape index (κ2) is 13.9. The standard InChI is InChI=1S/C21H36N4O2.HI/c1-4-26-18-11-12-20(27-5-2)19(16-18)24-21(22)23-13-7-9-15-25-14-8-6-10-17(25)3;/h11-12,16-17H,4-10,13-15H2,1-3H3,(H3,22,23,24);1H. The molecule has 0 radical (unpaired) electrons. The second-order valence-electron chi connectivity index (χ2n) is 7.00. The van der Waals surface area contributed by atoms with Crippen LogP contribution in [0.4, 0.5) is 5.69 Å². The van der Waals surface area contributed by atoms with Gasteiger partial charge in [-0.25, -0.2) is 0 Å². The third-order valence-corrected chi connectivity index (χ3v) is 4.90. The molecule has 3 N–H and O–H groups in total. The normalized spacial score (nSPS) is 17.7. The molecule has 0 saturated carbocycles. The zero-order valence-corrected chi connectivity index (χ0v) is 19.9. The first kappa shape index (κ1) is 24.8. The maximum absolute atomic E-state index is 6.07. The van der Waals surface area contributed by atoms with Gasteiger partial charge in [-0.3, -0.25) is 4.99 Å². The zero-order chi connectivity index (χ0) is 19.5. The summed E-state index contributed by atoms with van der Waals surface area (Å²) in [6.45, 7) is 10.6. The zero-order valence-electron chi connectivity index (χ0n) is 17.6. The van der Waals surface area contributed by atoms with Crippen LogP contribution in [0.5, 0.6) is 11.5 Å². The molecule has 0 aromatic heterocycles. The molecule has 160 valence electrons. The fourth-order valence-corrected chi connectivity index (χ4v) is 3.44. The summed E-state index contributed by atoms with van der Waals surface area (Å²) in [5.41, 5.74) is 6.86. The summed E-state index contributed by atoms with van der Waals surface area (Å²) in [5, 5.41) is 3.15. The second-order valence-corrected chi connectivity index (χ2v) is 7.00. The number of benzene rings is 1. The highest BCUT2D eigenvalue weighted by Crippen LogP contribution is 2.29. The van der Waals surface area contributed by atoms with Crippen LogP contribution in [0, 0.1) is 0 Å². The van der Waals surface area contributed by atoms with Crippen LogP contribution in [0.25, 0.3) is 0 Å². The van der Waals surface area contributed by atoms with Crippen LogP contribution in [-0.4, -0.2) is 49.7 Å². The van der Waals surface area contributed by atoms with Gasteiger partial charge in [-0.15, -0.1) is 24.0 Å². The van der Waals surface area contributed by atoms with Gasteiger partial charge in [0.15, 0.2) is 5.96 Å². The first-order chi connectivity index (χ1) is 13.1. The van der Waals surface area contributed by atoms with Gasteiger partial charge in [-0.2, -0.15) is 0 Å². The van der Waals surface area contributed by atoms with Gasteiger partial charge in [0, 0.05) is 18.7 Å². The number of ether oxygens (including phenoxy) is 2. The summed E-state index contributed by atoms with van der Waals surface area (Å²) >= 11 is 0. The number of anilines is 1. The number of rotatable bonds is 10. The van der Waals surface area contributed by atoms with Crippen molar-refractivity contribution in [1.29, 1.82) is 0 Å². The number of unbranched alkanes of at least 4 members (excludes halogenated alkanes) is 1. The number of hydrogen-bond acceptors (Lipinski definition) is 4. The molecular formula is C21H37IN4O2. The highest BCUT2D eigenvalue weighted by Gasteiger charge is 2.16. The molecule has 0 bridgehead atoms. The van der Waals surface area contributed by atoms with Crippen molar-refractivity contribution in [3.8, 4) is 11.5 Å². The number of piperidine rings is 1. The molecule has 0 amide bonds. The Balaban J connectivity index is 0.00000392. The van der Waals surface area contributed by atoms with Gasteiger partial charge < -0.3 is 25.4 Å². The Labute approximate surface area is 187 Å². The molecule has 1 aromatic rings. The molecule has 0 spiro atoms. The fourth-order valence-electron chi connectivity index (χ4n) is 3.44. The lowest BCUT2D eigenvalue weighted by atomic mass is 10.0. The SMILES string of the molecule is CCOc1ccc(OCC)c(NC(N)=NCCCCN2CCCCC2C)c1.I. The number of aliphatic imine (C=N–C) groups is 1. The van der Waals surface area contributed by atoms with Gasteiger partial charge in [0.2, 0.25) is 0 Å². The lowest BCUT2D eigenvalue weighted by molar-refractivity contribution is 0.158. The Hall–Kier alpha value is -1.22. The minimum atomic E-state index is 0. The topological polar surface area (TPSA) is 72.1 Å². The van der Waals surface area contributed by atoms with Crippen molar-refractivity contribution in [3.63, 3.8) is 0 Å². The lowest BCUT2D eigenvalue weighted by Gasteiger charge is -2.33. The molecule has 7 heteroatoms. The summed E-state index contributed by atoms with van der Waals surface area (Å²) < 4.78 is 11.2. The van der Waals surface area contributed by atoms with Gasteiger partial charge in [-0.1, -0.05) is 6.42 Å². The summed E-state index contributed by atoms with van der Waals surface area (Å²) in [6.07, 6.45) is 6.24. The van der Waals surface area contributed by atoms with E-state index in [1.807, 2.05) is 32.0 Å². The highest BCUT2D eigenvalue weighted by molar-refractivity contribution is 14.0. The van der Waals surface area contributed by atoms with E-state index in [9.17, 15) is 0 Å². The van der Waals surface area contributed by atoms with Crippen LogP contribution in [0.1, 0.15) is 52.9 Å². The molecule has 2 rings (SSSR count). The fraction of sp³-hybridized carbons (Fsp3) is 0.667. The molecule has 28 heavy (non-hydrogen) atoms. The van der Waals surface area contributed by atoms with Crippen molar-refractivity contribution in [1.82, 2.24) is 4.90 Å². The summed E-state index contributed by atoms with van der Waals surface area (Å²) in [7, 11) is 0. The van der Waals surface area contributed by atoms with Crippen LogP contribution in [0.15, 0.2) is 23.2 Å². The Morgan fingerprint density at radius 3 is 2.71 bits per heavy atom. The monoisotopic (exact) mass is 504 g/mol. The highest BCUT2D eigenvalue weighted by atomic mass is 127. The van der Waals surface area contributed by atoms with Crippen LogP contribution in [0.3, 0.4) is 0 Å². The predicted molar refractivity (Wildman–Crippen MR) is 128 cm³/mol. The summed E-state index contributed by atoms with van der Waals surface area (Å²) in [5.74, 6) is 1.95. The van der Waals surface area contributed by atoms with E-state index in [0.717, 1.165) is 49.2 Å². The van der Waals surface area contributed by atoms with E-state index < -0.39 is 0 Å². The molecule has 0 aliphatic carbocycles. The van der Waals surface area contributed by atoms with Crippen LogP contribution in [0.2, 0.25) is 0 Å². The minimum absolute atomic E-state index is 0. The van der Waals surface area contributed by atoms with Gasteiger partial charge in [0.1, 0.15) is 11.5 Å². The van der Waals surface area contributed by atoms with Gasteiger partial charge >= 0.3 is 0 Å². The number of nitrogens with one attached hydrogen (secondary N) is 1. The van der Waals surface area contributed by atoms with Crippen molar-refractivity contribution >= 4 is 35.6 Å². The summed E-state index contributed by atoms with van der Waals surface area (Å²) in [6, 6.07) is 6.41. The largest absolute Gasteiger partial charge is 0.494 e. The molecule has 1 atom stereocenters. The number of nitrogens with two attached hydrogens (primary N) is 1. The molecule has 1 fully saturated rings. The molecule has 1 heterocycles. The Morgan fingerprint density at radius 1 is 1.21 bits per heavy atom. The molecule has 1 unspecified atom stereocenters.